The summed E-state index contributed by atoms with van der Waals surface area (Å²) in [4.78, 5) is 12.1. The lowest BCUT2D eigenvalue weighted by Gasteiger charge is -2.03. The first-order valence-corrected chi connectivity index (χ1v) is 7.00. The van der Waals surface area contributed by atoms with Crippen molar-refractivity contribution < 1.29 is 0 Å². The number of hydrogen-bond acceptors (Lipinski definition) is 2. The summed E-state index contributed by atoms with van der Waals surface area (Å²) in [6, 6.07) is 8.09. The predicted octanol–water partition coefficient (Wildman–Crippen LogP) is 4.46. The highest BCUT2D eigenvalue weighted by molar-refractivity contribution is 9.10. The van der Waals surface area contributed by atoms with Crippen LogP contribution < -0.4 is 0 Å². The van der Waals surface area contributed by atoms with Crippen LogP contribution in [0.4, 0.5) is 0 Å². The van der Waals surface area contributed by atoms with Gasteiger partial charge >= 0.3 is 0 Å². The highest BCUT2D eigenvalue weighted by Crippen LogP contribution is 2.30. The number of aryl methyl sites for hydroxylation is 1. The molecule has 3 aromatic rings. The van der Waals surface area contributed by atoms with E-state index in [2.05, 4.69) is 59.8 Å². The van der Waals surface area contributed by atoms with E-state index in [4.69, 9.17) is 0 Å². The normalized spacial score (nSPS) is 11.1. The third-order valence-electron chi connectivity index (χ3n) is 2.75. The minimum absolute atomic E-state index is 0.724. The van der Waals surface area contributed by atoms with Gasteiger partial charge in [-0.15, -0.1) is 0 Å². The van der Waals surface area contributed by atoms with E-state index in [1.54, 1.807) is 6.20 Å². The molecule has 0 atom stereocenters. The lowest BCUT2D eigenvalue weighted by atomic mass is 10.1. The van der Waals surface area contributed by atoms with Crippen molar-refractivity contribution in [1.29, 1.82) is 0 Å². The molecule has 5 heteroatoms. The van der Waals surface area contributed by atoms with Crippen molar-refractivity contribution in [2.24, 2.45) is 0 Å². The molecule has 0 bridgehead atoms. The van der Waals surface area contributed by atoms with Gasteiger partial charge in [0.15, 0.2) is 5.65 Å². The number of fused-ring (bicyclic) bond motifs is 1. The van der Waals surface area contributed by atoms with Crippen LogP contribution >= 0.6 is 31.9 Å². The van der Waals surface area contributed by atoms with Gasteiger partial charge in [0.2, 0.25) is 0 Å². The standard InChI is InChI=1S/C13H9Br2N3/c1-7-3-2-4-9(11(7)15)12-17-10-5-8(14)6-16-13(10)18-12/h2-6H,1H3,(H,16,17,18). The number of H-pyrrole nitrogens is 1. The summed E-state index contributed by atoms with van der Waals surface area (Å²) >= 11 is 7.00. The van der Waals surface area contributed by atoms with Crippen molar-refractivity contribution in [1.82, 2.24) is 15.0 Å². The Kier molecular flexibility index (Phi) is 2.95. The van der Waals surface area contributed by atoms with Crippen LogP contribution in [0, 0.1) is 6.92 Å². The zero-order valence-electron chi connectivity index (χ0n) is 9.54. The largest absolute Gasteiger partial charge is 0.337 e. The molecule has 0 aliphatic heterocycles. The van der Waals surface area contributed by atoms with Crippen LogP contribution in [-0.4, -0.2) is 15.0 Å². The first kappa shape index (κ1) is 11.9. The predicted molar refractivity (Wildman–Crippen MR) is 79.5 cm³/mol. The van der Waals surface area contributed by atoms with Crippen molar-refractivity contribution in [3.8, 4) is 11.4 Å². The van der Waals surface area contributed by atoms with Gasteiger partial charge in [-0.3, -0.25) is 0 Å². The molecule has 2 aromatic heterocycles. The molecule has 0 saturated heterocycles. The molecule has 2 heterocycles. The van der Waals surface area contributed by atoms with Gasteiger partial charge < -0.3 is 4.98 Å². The maximum atomic E-state index is 4.51. The second-order valence-electron chi connectivity index (χ2n) is 4.05. The smallest absolute Gasteiger partial charge is 0.178 e. The molecule has 0 amide bonds. The Labute approximate surface area is 121 Å². The van der Waals surface area contributed by atoms with Crippen molar-refractivity contribution >= 4 is 43.0 Å². The van der Waals surface area contributed by atoms with Crippen LogP contribution in [-0.2, 0) is 0 Å². The Morgan fingerprint density at radius 2 is 2.06 bits per heavy atom. The Hall–Kier alpha value is -1.20. The van der Waals surface area contributed by atoms with Crippen LogP contribution in [0.5, 0.6) is 0 Å². The average Bonchev–Trinajstić information content (AvgIpc) is 2.75. The topological polar surface area (TPSA) is 41.6 Å². The summed E-state index contributed by atoms with van der Waals surface area (Å²) in [6.45, 7) is 2.06. The number of nitrogens with zero attached hydrogens (tertiary/aromatic N) is 2. The molecule has 3 nitrogen and oxygen atoms in total. The van der Waals surface area contributed by atoms with Gasteiger partial charge in [0.1, 0.15) is 5.82 Å². The molecule has 1 aromatic carbocycles. The number of hydrogen-bond donors (Lipinski definition) is 1. The van der Waals surface area contributed by atoms with E-state index in [0.29, 0.717) is 0 Å². The number of imidazole rings is 1. The van der Waals surface area contributed by atoms with Gasteiger partial charge in [-0.1, -0.05) is 18.2 Å². The molecule has 0 saturated carbocycles. The zero-order chi connectivity index (χ0) is 12.7. The van der Waals surface area contributed by atoms with Crippen LogP contribution in [0.25, 0.3) is 22.6 Å². The summed E-state index contributed by atoms with van der Waals surface area (Å²) in [5, 5.41) is 0. The highest BCUT2D eigenvalue weighted by atomic mass is 79.9. The maximum Gasteiger partial charge on any atom is 0.178 e. The first-order valence-electron chi connectivity index (χ1n) is 5.42. The van der Waals surface area contributed by atoms with E-state index in [9.17, 15) is 0 Å². The van der Waals surface area contributed by atoms with Crippen molar-refractivity contribution in [2.75, 3.05) is 0 Å². The molecule has 3 rings (SSSR count). The summed E-state index contributed by atoms with van der Waals surface area (Å²) in [5.41, 5.74) is 3.88. The molecule has 0 fully saturated rings. The third kappa shape index (κ3) is 1.97. The minimum Gasteiger partial charge on any atom is -0.337 e. The van der Waals surface area contributed by atoms with E-state index < -0.39 is 0 Å². The molecule has 0 spiro atoms. The Balaban J connectivity index is 2.22. The van der Waals surface area contributed by atoms with E-state index in [0.717, 1.165) is 31.5 Å². The van der Waals surface area contributed by atoms with Gasteiger partial charge in [-0.05, 0) is 50.4 Å². The molecule has 0 aliphatic carbocycles. The quantitative estimate of drug-likeness (QED) is 0.690. The molecular formula is C13H9Br2N3. The van der Waals surface area contributed by atoms with Crippen molar-refractivity contribution in [2.45, 2.75) is 6.92 Å². The number of benzene rings is 1. The summed E-state index contributed by atoms with van der Waals surface area (Å²) < 4.78 is 2.00. The summed E-state index contributed by atoms with van der Waals surface area (Å²) in [7, 11) is 0. The van der Waals surface area contributed by atoms with E-state index in [1.165, 1.54) is 5.56 Å². The maximum absolute atomic E-state index is 4.51. The number of nitrogens with one attached hydrogen (secondary N) is 1. The van der Waals surface area contributed by atoms with Gasteiger partial charge in [0.25, 0.3) is 0 Å². The average molecular weight is 367 g/mol. The van der Waals surface area contributed by atoms with Crippen molar-refractivity contribution in [3.05, 3.63) is 45.0 Å². The van der Waals surface area contributed by atoms with Gasteiger partial charge in [-0.25, -0.2) is 9.97 Å². The van der Waals surface area contributed by atoms with Crippen LogP contribution in [0.2, 0.25) is 0 Å². The van der Waals surface area contributed by atoms with Crippen LogP contribution in [0.15, 0.2) is 39.4 Å². The Morgan fingerprint density at radius 3 is 2.89 bits per heavy atom. The van der Waals surface area contributed by atoms with E-state index in [-0.39, 0.29) is 0 Å². The fraction of sp³-hybridized carbons (Fsp3) is 0.0769. The molecular weight excluding hydrogens is 358 g/mol. The number of pyridine rings is 1. The van der Waals surface area contributed by atoms with Crippen molar-refractivity contribution in [3.63, 3.8) is 0 Å². The van der Waals surface area contributed by atoms with E-state index >= 15 is 0 Å². The molecule has 0 radical (unpaired) electrons. The number of aromatic nitrogens is 3. The van der Waals surface area contributed by atoms with Crippen LogP contribution in [0.1, 0.15) is 5.56 Å². The van der Waals surface area contributed by atoms with Gasteiger partial charge in [0, 0.05) is 20.7 Å². The molecule has 90 valence electrons. The second-order valence-corrected chi connectivity index (χ2v) is 5.76. The highest BCUT2D eigenvalue weighted by Gasteiger charge is 2.10. The first-order chi connectivity index (χ1) is 8.65. The Morgan fingerprint density at radius 1 is 1.22 bits per heavy atom. The zero-order valence-corrected chi connectivity index (χ0v) is 12.7. The lowest BCUT2D eigenvalue weighted by molar-refractivity contribution is 1.28. The third-order valence-corrected chi connectivity index (χ3v) is 4.24. The molecule has 1 N–H and O–H groups in total. The fourth-order valence-electron chi connectivity index (χ4n) is 1.83. The number of aromatic amines is 1. The van der Waals surface area contributed by atoms with Gasteiger partial charge in [0.05, 0.1) is 5.52 Å². The molecule has 18 heavy (non-hydrogen) atoms. The summed E-state index contributed by atoms with van der Waals surface area (Å²) in [6.07, 6.45) is 1.75. The lowest BCUT2D eigenvalue weighted by Crippen LogP contribution is -1.85. The minimum atomic E-state index is 0.724. The number of halogens is 2. The Bertz CT molecular complexity index is 734. The van der Waals surface area contributed by atoms with Crippen LogP contribution in [0.3, 0.4) is 0 Å². The van der Waals surface area contributed by atoms with E-state index in [1.807, 2.05) is 18.2 Å². The monoisotopic (exact) mass is 365 g/mol. The number of rotatable bonds is 1. The van der Waals surface area contributed by atoms with Gasteiger partial charge in [-0.2, -0.15) is 0 Å². The summed E-state index contributed by atoms with van der Waals surface area (Å²) in [5.74, 6) is 0.825. The second kappa shape index (κ2) is 4.48. The molecule has 0 unspecified atom stereocenters. The fourth-order valence-corrected chi connectivity index (χ4v) is 2.62. The molecule has 0 aliphatic rings. The SMILES string of the molecule is Cc1cccc(-c2nc3ncc(Br)cc3[nH]2)c1Br.